The van der Waals surface area contributed by atoms with Crippen LogP contribution in [-0.2, 0) is 4.79 Å². The zero-order valence-electron chi connectivity index (χ0n) is 11.5. The second kappa shape index (κ2) is 6.73. The molecule has 0 aliphatic carbocycles. The van der Waals surface area contributed by atoms with E-state index in [1.807, 2.05) is 0 Å². The van der Waals surface area contributed by atoms with Gasteiger partial charge in [0.25, 0.3) is 0 Å². The van der Waals surface area contributed by atoms with Gasteiger partial charge in [0, 0.05) is 15.6 Å². The summed E-state index contributed by atoms with van der Waals surface area (Å²) in [5.74, 6) is -0.938. The highest BCUT2D eigenvalue weighted by Gasteiger charge is 2.15. The van der Waals surface area contributed by atoms with E-state index in [1.54, 1.807) is 18.2 Å². The van der Waals surface area contributed by atoms with Crippen LogP contribution in [0.25, 0.3) is 11.6 Å². The van der Waals surface area contributed by atoms with Crippen LogP contribution in [0.5, 0.6) is 11.5 Å². The molecule has 2 rings (SSSR count). The normalized spacial score (nSPS) is 11.3. The highest BCUT2D eigenvalue weighted by atomic mass is 35.5. The Kier molecular flexibility index (Phi) is 4.96. The molecule has 0 unspecified atom stereocenters. The number of phenols is 1. The maximum Gasteiger partial charge on any atom is 0.336 e. The van der Waals surface area contributed by atoms with Crippen LogP contribution in [0.3, 0.4) is 0 Å². The number of carbonyl (C=O) groups is 1. The molecular formula is C16H12Cl2O4. The summed E-state index contributed by atoms with van der Waals surface area (Å²) in [7, 11) is 1.43. The van der Waals surface area contributed by atoms with Crippen molar-refractivity contribution >= 4 is 40.8 Å². The first kappa shape index (κ1) is 16.2. The number of aliphatic carboxylic acids is 1. The monoisotopic (exact) mass is 338 g/mol. The Morgan fingerprint density at radius 3 is 2.50 bits per heavy atom. The Morgan fingerprint density at radius 1 is 1.18 bits per heavy atom. The lowest BCUT2D eigenvalue weighted by molar-refractivity contribution is -0.130. The molecule has 0 radical (unpaired) electrons. The lowest BCUT2D eigenvalue weighted by Crippen LogP contribution is -2.00. The third kappa shape index (κ3) is 3.53. The Labute approximate surface area is 137 Å². The molecule has 0 fully saturated rings. The number of ether oxygens (including phenoxy) is 1. The van der Waals surface area contributed by atoms with Crippen LogP contribution in [0.1, 0.15) is 11.1 Å². The number of carboxylic acid groups (broad SMARTS) is 1. The van der Waals surface area contributed by atoms with E-state index in [1.165, 1.54) is 31.4 Å². The first-order chi connectivity index (χ1) is 10.4. The number of rotatable bonds is 4. The summed E-state index contributed by atoms with van der Waals surface area (Å²) in [6.45, 7) is 0. The topological polar surface area (TPSA) is 66.8 Å². The molecule has 0 amide bonds. The molecule has 0 saturated heterocycles. The van der Waals surface area contributed by atoms with Crippen molar-refractivity contribution in [3.63, 3.8) is 0 Å². The number of carboxylic acids is 1. The molecule has 0 aliphatic rings. The van der Waals surface area contributed by atoms with Crippen molar-refractivity contribution in [3.05, 3.63) is 57.6 Å². The molecule has 0 spiro atoms. The number of phenolic OH excluding ortho intramolecular Hbond substituents is 1. The van der Waals surface area contributed by atoms with Crippen molar-refractivity contribution in [1.29, 1.82) is 0 Å². The van der Waals surface area contributed by atoms with Gasteiger partial charge in [0.05, 0.1) is 12.7 Å². The summed E-state index contributed by atoms with van der Waals surface area (Å²) in [4.78, 5) is 11.5. The summed E-state index contributed by atoms with van der Waals surface area (Å²) in [6, 6.07) is 9.15. The van der Waals surface area contributed by atoms with Gasteiger partial charge >= 0.3 is 5.97 Å². The molecule has 0 heterocycles. The van der Waals surface area contributed by atoms with Crippen molar-refractivity contribution < 1.29 is 19.7 Å². The molecule has 4 nitrogen and oxygen atoms in total. The number of aromatic hydroxyl groups is 1. The molecule has 2 N–H and O–H groups in total. The van der Waals surface area contributed by atoms with Crippen molar-refractivity contribution in [2.75, 3.05) is 7.11 Å². The highest BCUT2D eigenvalue weighted by molar-refractivity contribution is 6.37. The summed E-state index contributed by atoms with van der Waals surface area (Å²) in [5.41, 5.74) is 0.765. The largest absolute Gasteiger partial charge is 0.504 e. The van der Waals surface area contributed by atoms with Crippen LogP contribution >= 0.6 is 23.2 Å². The summed E-state index contributed by atoms with van der Waals surface area (Å²) >= 11 is 11.9. The zero-order chi connectivity index (χ0) is 16.3. The van der Waals surface area contributed by atoms with Gasteiger partial charge in [-0.25, -0.2) is 4.79 Å². The van der Waals surface area contributed by atoms with Crippen LogP contribution in [-0.4, -0.2) is 23.3 Å². The van der Waals surface area contributed by atoms with Gasteiger partial charge in [-0.2, -0.15) is 0 Å². The van der Waals surface area contributed by atoms with Gasteiger partial charge in [0.15, 0.2) is 11.5 Å². The van der Waals surface area contributed by atoms with E-state index in [9.17, 15) is 15.0 Å². The maximum atomic E-state index is 11.5. The van der Waals surface area contributed by atoms with Gasteiger partial charge < -0.3 is 14.9 Å². The number of methoxy groups -OCH3 is 1. The van der Waals surface area contributed by atoms with Crippen molar-refractivity contribution in [2.45, 2.75) is 0 Å². The quantitative estimate of drug-likeness (QED) is 0.643. The van der Waals surface area contributed by atoms with Crippen LogP contribution in [0.4, 0.5) is 0 Å². The number of halogens is 2. The summed E-state index contributed by atoms with van der Waals surface area (Å²) < 4.78 is 4.95. The van der Waals surface area contributed by atoms with Crippen molar-refractivity contribution in [1.82, 2.24) is 0 Å². The zero-order valence-corrected chi connectivity index (χ0v) is 13.0. The van der Waals surface area contributed by atoms with Gasteiger partial charge in [-0.1, -0.05) is 29.3 Å². The van der Waals surface area contributed by atoms with Crippen LogP contribution in [0, 0.1) is 0 Å². The molecule has 0 aliphatic heterocycles. The van der Waals surface area contributed by atoms with E-state index in [-0.39, 0.29) is 16.3 Å². The van der Waals surface area contributed by atoms with Gasteiger partial charge in [-0.05, 0) is 42.0 Å². The SMILES string of the molecule is COc1ccc(/C=C(\C(=O)O)c2cc(Cl)ccc2Cl)cc1O. The van der Waals surface area contributed by atoms with Gasteiger partial charge in [-0.15, -0.1) is 0 Å². The molecule has 22 heavy (non-hydrogen) atoms. The van der Waals surface area contributed by atoms with E-state index < -0.39 is 5.97 Å². The Bertz CT molecular complexity index is 754. The van der Waals surface area contributed by atoms with E-state index in [0.717, 1.165) is 0 Å². The van der Waals surface area contributed by atoms with Crippen LogP contribution in [0.2, 0.25) is 10.0 Å². The molecule has 0 aromatic heterocycles. The first-order valence-corrected chi connectivity index (χ1v) is 6.95. The number of hydrogen-bond donors (Lipinski definition) is 2. The highest BCUT2D eigenvalue weighted by Crippen LogP contribution is 2.31. The predicted octanol–water partition coefficient (Wildman–Crippen LogP) is 4.33. The molecule has 0 atom stereocenters. The minimum Gasteiger partial charge on any atom is -0.504 e. The molecule has 2 aromatic carbocycles. The Morgan fingerprint density at radius 2 is 1.91 bits per heavy atom. The molecule has 0 bridgehead atoms. The molecule has 2 aromatic rings. The van der Waals surface area contributed by atoms with Gasteiger partial charge in [0.2, 0.25) is 0 Å². The summed E-state index contributed by atoms with van der Waals surface area (Å²) in [6.07, 6.45) is 1.40. The van der Waals surface area contributed by atoms with Crippen LogP contribution < -0.4 is 4.74 Å². The van der Waals surface area contributed by atoms with E-state index in [0.29, 0.717) is 21.9 Å². The number of benzene rings is 2. The van der Waals surface area contributed by atoms with Gasteiger partial charge in [-0.3, -0.25) is 0 Å². The Hall–Kier alpha value is -2.17. The average Bonchev–Trinajstić information content (AvgIpc) is 2.47. The van der Waals surface area contributed by atoms with Gasteiger partial charge in [0.1, 0.15) is 0 Å². The number of hydrogen-bond acceptors (Lipinski definition) is 3. The molecule has 114 valence electrons. The predicted molar refractivity (Wildman–Crippen MR) is 86.6 cm³/mol. The third-order valence-corrected chi connectivity index (χ3v) is 3.53. The molecular weight excluding hydrogens is 327 g/mol. The van der Waals surface area contributed by atoms with E-state index >= 15 is 0 Å². The second-order valence-electron chi connectivity index (χ2n) is 4.42. The fourth-order valence-corrected chi connectivity index (χ4v) is 2.31. The van der Waals surface area contributed by atoms with Crippen LogP contribution in [0.15, 0.2) is 36.4 Å². The molecule has 0 saturated carbocycles. The lowest BCUT2D eigenvalue weighted by atomic mass is 10.0. The minimum absolute atomic E-state index is 0.0305. The van der Waals surface area contributed by atoms with Crippen molar-refractivity contribution in [2.24, 2.45) is 0 Å². The lowest BCUT2D eigenvalue weighted by Gasteiger charge is -2.08. The van der Waals surface area contributed by atoms with Crippen molar-refractivity contribution in [3.8, 4) is 11.5 Å². The second-order valence-corrected chi connectivity index (χ2v) is 5.26. The fourth-order valence-electron chi connectivity index (χ4n) is 1.92. The third-order valence-electron chi connectivity index (χ3n) is 2.96. The standard InChI is InChI=1S/C16H12Cl2O4/c1-22-15-5-2-9(7-14(15)19)6-12(16(20)21)11-8-10(17)3-4-13(11)18/h2-8,19H,1H3,(H,20,21)/b12-6-. The fraction of sp³-hybridized carbons (Fsp3) is 0.0625. The maximum absolute atomic E-state index is 11.5. The van der Waals surface area contributed by atoms with E-state index in [4.69, 9.17) is 27.9 Å². The Balaban J connectivity index is 2.54. The summed E-state index contributed by atoms with van der Waals surface area (Å²) in [5, 5.41) is 19.8. The minimum atomic E-state index is -1.15. The molecule has 6 heteroatoms. The smallest absolute Gasteiger partial charge is 0.336 e. The van der Waals surface area contributed by atoms with E-state index in [2.05, 4.69) is 0 Å². The average molecular weight is 339 g/mol. The first-order valence-electron chi connectivity index (χ1n) is 6.20.